The Bertz CT molecular complexity index is 761. The van der Waals surface area contributed by atoms with Gasteiger partial charge in [-0.3, -0.25) is 4.68 Å². The smallest absolute Gasteiger partial charge is 0.240 e. The van der Waals surface area contributed by atoms with Crippen molar-refractivity contribution in [2.75, 3.05) is 0 Å². The Kier molecular flexibility index (Phi) is 4.62. The zero-order valence-electron chi connectivity index (χ0n) is 11.2. The molecule has 0 saturated heterocycles. The first-order valence-electron chi connectivity index (χ1n) is 5.98. The number of sulfonamides is 1. The summed E-state index contributed by atoms with van der Waals surface area (Å²) in [5.41, 5.74) is 6.35. The summed E-state index contributed by atoms with van der Waals surface area (Å²) in [5, 5.41) is 3.77. The van der Waals surface area contributed by atoms with Crippen LogP contribution in [0.4, 0.5) is 4.39 Å². The predicted octanol–water partition coefficient (Wildman–Crippen LogP) is 1.15. The monoisotopic (exact) mass is 332 g/mol. The molecule has 9 heteroatoms. The molecular formula is C12H14ClFN4O2S. The van der Waals surface area contributed by atoms with Crippen molar-refractivity contribution in [1.29, 1.82) is 0 Å². The molecule has 0 unspecified atom stereocenters. The number of hydrogen-bond acceptors (Lipinski definition) is 4. The second-order valence-corrected chi connectivity index (χ2v) is 6.57. The van der Waals surface area contributed by atoms with E-state index in [2.05, 4.69) is 9.82 Å². The minimum atomic E-state index is -3.86. The predicted molar refractivity (Wildman–Crippen MR) is 76.5 cm³/mol. The van der Waals surface area contributed by atoms with Gasteiger partial charge in [-0.2, -0.15) is 5.10 Å². The molecule has 3 N–H and O–H groups in total. The molecule has 1 aromatic heterocycles. The maximum absolute atomic E-state index is 13.6. The quantitative estimate of drug-likeness (QED) is 0.859. The Morgan fingerprint density at radius 1 is 1.48 bits per heavy atom. The maximum atomic E-state index is 13.6. The summed E-state index contributed by atoms with van der Waals surface area (Å²) in [7, 11) is -2.14. The molecule has 21 heavy (non-hydrogen) atoms. The molecule has 0 radical (unpaired) electrons. The van der Waals surface area contributed by atoms with Crippen molar-refractivity contribution in [3.05, 3.63) is 46.5 Å². The van der Waals surface area contributed by atoms with Crippen molar-refractivity contribution in [3.63, 3.8) is 0 Å². The molecule has 0 spiro atoms. The van der Waals surface area contributed by atoms with Crippen LogP contribution in [0.5, 0.6) is 0 Å². The van der Waals surface area contributed by atoms with E-state index in [1.165, 1.54) is 12.3 Å². The zero-order chi connectivity index (χ0) is 15.6. The Balaban J connectivity index is 2.25. The first-order valence-corrected chi connectivity index (χ1v) is 7.85. The van der Waals surface area contributed by atoms with Crippen LogP contribution in [-0.2, 0) is 30.2 Å². The van der Waals surface area contributed by atoms with Crippen molar-refractivity contribution in [1.82, 2.24) is 14.5 Å². The van der Waals surface area contributed by atoms with Crippen LogP contribution in [0.2, 0.25) is 5.02 Å². The van der Waals surface area contributed by atoms with Gasteiger partial charge in [0.15, 0.2) is 0 Å². The fourth-order valence-electron chi connectivity index (χ4n) is 1.75. The summed E-state index contributed by atoms with van der Waals surface area (Å²) in [6.45, 7) is 0.0000950. The third kappa shape index (κ3) is 3.59. The van der Waals surface area contributed by atoms with E-state index in [0.717, 1.165) is 6.07 Å². The van der Waals surface area contributed by atoms with Crippen LogP contribution in [0, 0.1) is 5.82 Å². The van der Waals surface area contributed by atoms with Gasteiger partial charge >= 0.3 is 0 Å². The second kappa shape index (κ2) is 6.10. The number of rotatable bonds is 5. The van der Waals surface area contributed by atoms with Gasteiger partial charge < -0.3 is 5.73 Å². The van der Waals surface area contributed by atoms with Crippen LogP contribution in [0.25, 0.3) is 0 Å². The standard InChI is InChI=1S/C12H14ClFN4O2S/c1-18-7-8(5-16-18)6-17-21(19,20)10-2-9(4-15)12(13)11(14)3-10/h2-3,5,7,17H,4,6,15H2,1H3. The van der Waals surface area contributed by atoms with E-state index in [4.69, 9.17) is 17.3 Å². The van der Waals surface area contributed by atoms with E-state index in [0.29, 0.717) is 5.56 Å². The summed E-state index contributed by atoms with van der Waals surface area (Å²) < 4.78 is 41.9. The van der Waals surface area contributed by atoms with E-state index in [9.17, 15) is 12.8 Å². The summed E-state index contributed by atoms with van der Waals surface area (Å²) in [6, 6.07) is 2.13. The van der Waals surface area contributed by atoms with E-state index >= 15 is 0 Å². The molecule has 2 aromatic rings. The fourth-order valence-corrected chi connectivity index (χ4v) is 3.01. The van der Waals surface area contributed by atoms with E-state index in [-0.39, 0.29) is 28.6 Å². The molecular weight excluding hydrogens is 319 g/mol. The first-order chi connectivity index (χ1) is 9.83. The summed E-state index contributed by atoms with van der Waals surface area (Å²) in [5.74, 6) is -0.818. The Labute approximate surface area is 126 Å². The van der Waals surface area contributed by atoms with Crippen molar-refractivity contribution in [2.45, 2.75) is 18.0 Å². The molecule has 1 aromatic carbocycles. The highest BCUT2D eigenvalue weighted by Gasteiger charge is 2.18. The number of benzene rings is 1. The van der Waals surface area contributed by atoms with Crippen molar-refractivity contribution in [3.8, 4) is 0 Å². The van der Waals surface area contributed by atoms with Crippen molar-refractivity contribution >= 4 is 21.6 Å². The van der Waals surface area contributed by atoms with Crippen LogP contribution in [0.1, 0.15) is 11.1 Å². The molecule has 0 saturated carbocycles. The number of halogens is 2. The van der Waals surface area contributed by atoms with Crippen LogP contribution < -0.4 is 10.5 Å². The third-order valence-electron chi connectivity index (χ3n) is 2.83. The third-order valence-corrected chi connectivity index (χ3v) is 4.64. The van der Waals surface area contributed by atoms with Crippen LogP contribution in [0.15, 0.2) is 29.4 Å². The number of aryl methyl sites for hydroxylation is 1. The van der Waals surface area contributed by atoms with Gasteiger partial charge in [-0.25, -0.2) is 17.5 Å². The highest BCUT2D eigenvalue weighted by Crippen LogP contribution is 2.24. The molecule has 0 aliphatic carbocycles. The lowest BCUT2D eigenvalue weighted by molar-refractivity contribution is 0.577. The van der Waals surface area contributed by atoms with E-state index in [1.807, 2.05) is 0 Å². The average Bonchev–Trinajstić information content (AvgIpc) is 2.85. The number of aromatic nitrogens is 2. The van der Waals surface area contributed by atoms with Gasteiger partial charge in [0, 0.05) is 31.9 Å². The van der Waals surface area contributed by atoms with Crippen molar-refractivity contribution < 1.29 is 12.8 Å². The number of hydrogen-bond donors (Lipinski definition) is 2. The van der Waals surface area contributed by atoms with Crippen molar-refractivity contribution in [2.24, 2.45) is 12.8 Å². The van der Waals surface area contributed by atoms with Crippen LogP contribution >= 0.6 is 11.6 Å². The highest BCUT2D eigenvalue weighted by molar-refractivity contribution is 7.89. The summed E-state index contributed by atoms with van der Waals surface area (Å²) in [4.78, 5) is -0.214. The number of nitrogens with two attached hydrogens (primary N) is 1. The largest absolute Gasteiger partial charge is 0.326 e. The van der Waals surface area contributed by atoms with Gasteiger partial charge in [0.25, 0.3) is 0 Å². The molecule has 0 bridgehead atoms. The number of nitrogens with zero attached hydrogens (tertiary/aromatic N) is 2. The second-order valence-electron chi connectivity index (χ2n) is 4.43. The number of nitrogens with one attached hydrogen (secondary N) is 1. The lowest BCUT2D eigenvalue weighted by atomic mass is 10.2. The minimum Gasteiger partial charge on any atom is -0.326 e. The molecule has 0 atom stereocenters. The molecule has 0 amide bonds. The first kappa shape index (κ1) is 15.9. The van der Waals surface area contributed by atoms with Crippen LogP contribution in [0.3, 0.4) is 0 Å². The molecule has 2 rings (SSSR count). The Morgan fingerprint density at radius 2 is 2.19 bits per heavy atom. The lowest BCUT2D eigenvalue weighted by Crippen LogP contribution is -2.23. The highest BCUT2D eigenvalue weighted by atomic mass is 35.5. The minimum absolute atomic E-state index is 0.0539. The van der Waals surface area contributed by atoms with Gasteiger partial charge in [-0.05, 0) is 17.7 Å². The summed E-state index contributed by atoms with van der Waals surface area (Å²) in [6.07, 6.45) is 3.21. The van der Waals surface area contributed by atoms with E-state index < -0.39 is 15.8 Å². The molecule has 6 nitrogen and oxygen atoms in total. The Morgan fingerprint density at radius 3 is 2.76 bits per heavy atom. The molecule has 1 heterocycles. The zero-order valence-corrected chi connectivity index (χ0v) is 12.7. The molecule has 114 valence electrons. The Hall–Kier alpha value is -1.48. The normalized spacial score (nSPS) is 11.8. The maximum Gasteiger partial charge on any atom is 0.240 e. The summed E-state index contributed by atoms with van der Waals surface area (Å²) >= 11 is 5.71. The van der Waals surface area contributed by atoms with Gasteiger partial charge in [0.2, 0.25) is 10.0 Å². The van der Waals surface area contributed by atoms with Gasteiger partial charge in [0.05, 0.1) is 16.1 Å². The lowest BCUT2D eigenvalue weighted by Gasteiger charge is -2.09. The average molecular weight is 333 g/mol. The van der Waals surface area contributed by atoms with Gasteiger partial charge in [-0.1, -0.05) is 11.6 Å². The van der Waals surface area contributed by atoms with E-state index in [1.54, 1.807) is 17.9 Å². The van der Waals surface area contributed by atoms with Crippen LogP contribution in [-0.4, -0.2) is 18.2 Å². The molecule has 0 aliphatic rings. The van der Waals surface area contributed by atoms with Gasteiger partial charge in [-0.15, -0.1) is 0 Å². The molecule has 0 aliphatic heterocycles. The molecule has 0 fully saturated rings. The topological polar surface area (TPSA) is 90.0 Å². The van der Waals surface area contributed by atoms with Gasteiger partial charge in [0.1, 0.15) is 5.82 Å². The SMILES string of the molecule is Cn1cc(CNS(=O)(=O)c2cc(F)c(Cl)c(CN)c2)cn1. The fraction of sp³-hybridized carbons (Fsp3) is 0.250.